The first kappa shape index (κ1) is 10.0. The Morgan fingerprint density at radius 1 is 1.47 bits per heavy atom. The second kappa shape index (κ2) is 4.84. The van der Waals surface area contributed by atoms with Crippen molar-refractivity contribution in [2.24, 2.45) is 5.18 Å². The topological polar surface area (TPSA) is 60.8 Å². The van der Waals surface area contributed by atoms with Crippen molar-refractivity contribution in [1.29, 1.82) is 0 Å². The van der Waals surface area contributed by atoms with Crippen LogP contribution in [0.5, 0.6) is 5.88 Å². The van der Waals surface area contributed by atoms with E-state index in [1.807, 2.05) is 0 Å². The van der Waals surface area contributed by atoms with Crippen LogP contribution in [0.3, 0.4) is 0 Å². The Labute approximate surface area is 87.4 Å². The fourth-order valence-electron chi connectivity index (χ4n) is 1.49. The summed E-state index contributed by atoms with van der Waals surface area (Å²) < 4.78 is 10.8. The van der Waals surface area contributed by atoms with Crippen molar-refractivity contribution < 1.29 is 9.47 Å². The molecule has 1 aliphatic rings. The summed E-state index contributed by atoms with van der Waals surface area (Å²) in [7, 11) is 0. The van der Waals surface area contributed by atoms with Gasteiger partial charge in [-0.15, -0.1) is 4.91 Å². The van der Waals surface area contributed by atoms with Gasteiger partial charge in [-0.3, -0.25) is 0 Å². The molecule has 0 atom stereocenters. The third kappa shape index (κ3) is 2.50. The summed E-state index contributed by atoms with van der Waals surface area (Å²) in [6, 6.07) is 3.25. The van der Waals surface area contributed by atoms with Crippen LogP contribution in [0.15, 0.2) is 23.5 Å². The van der Waals surface area contributed by atoms with Gasteiger partial charge in [0.1, 0.15) is 6.10 Å². The molecule has 15 heavy (non-hydrogen) atoms. The molecule has 1 saturated heterocycles. The Kier molecular flexibility index (Phi) is 3.24. The molecule has 2 rings (SSSR count). The second-order valence-electron chi connectivity index (χ2n) is 3.35. The molecule has 1 aliphatic heterocycles. The van der Waals surface area contributed by atoms with Crippen LogP contribution in [0.4, 0.5) is 5.69 Å². The first-order chi connectivity index (χ1) is 7.40. The van der Waals surface area contributed by atoms with E-state index in [4.69, 9.17) is 9.47 Å². The van der Waals surface area contributed by atoms with Gasteiger partial charge in [0, 0.05) is 19.0 Å². The molecule has 5 nitrogen and oxygen atoms in total. The fourth-order valence-corrected chi connectivity index (χ4v) is 1.49. The highest BCUT2D eigenvalue weighted by molar-refractivity contribution is 5.45. The minimum absolute atomic E-state index is 0.0779. The number of pyridine rings is 1. The highest BCUT2D eigenvalue weighted by atomic mass is 16.5. The molecule has 0 bridgehead atoms. The van der Waals surface area contributed by atoms with Gasteiger partial charge in [-0.05, 0) is 17.3 Å². The summed E-state index contributed by atoms with van der Waals surface area (Å²) in [5.41, 5.74) is 0.254. The molecule has 80 valence electrons. The molecule has 1 fully saturated rings. The number of nitrogens with zero attached hydrogens (tertiary/aromatic N) is 2. The maximum Gasteiger partial charge on any atom is 0.243 e. The molecule has 1 aromatic heterocycles. The Bertz CT molecular complexity index is 337. The largest absolute Gasteiger partial charge is 0.473 e. The summed E-state index contributed by atoms with van der Waals surface area (Å²) in [5.74, 6) is 0.319. The van der Waals surface area contributed by atoms with E-state index in [9.17, 15) is 4.91 Å². The predicted molar refractivity (Wildman–Crippen MR) is 54.2 cm³/mol. The highest BCUT2D eigenvalue weighted by Gasteiger charge is 2.17. The number of aromatic nitrogens is 1. The van der Waals surface area contributed by atoms with Crippen LogP contribution in [-0.2, 0) is 4.74 Å². The molecule has 0 saturated carbocycles. The fraction of sp³-hybridized carbons (Fsp3) is 0.500. The van der Waals surface area contributed by atoms with E-state index < -0.39 is 0 Å². The van der Waals surface area contributed by atoms with Crippen molar-refractivity contribution in [2.75, 3.05) is 13.2 Å². The normalized spacial score (nSPS) is 17.3. The lowest BCUT2D eigenvalue weighted by Gasteiger charge is -2.22. The maximum atomic E-state index is 10.5. The lowest BCUT2D eigenvalue weighted by atomic mass is 10.1. The van der Waals surface area contributed by atoms with Gasteiger partial charge in [-0.2, -0.15) is 0 Å². The summed E-state index contributed by atoms with van der Waals surface area (Å²) in [6.07, 6.45) is 3.32. The molecule has 0 unspecified atom stereocenters. The molecular formula is C10H12N2O3. The first-order valence-electron chi connectivity index (χ1n) is 4.93. The van der Waals surface area contributed by atoms with Crippen LogP contribution in [0.25, 0.3) is 0 Å². The van der Waals surface area contributed by atoms with Gasteiger partial charge in [-0.25, -0.2) is 4.98 Å². The Balaban J connectivity index is 2.05. The molecular weight excluding hydrogens is 196 g/mol. The molecule has 0 radical (unpaired) electrons. The number of rotatable bonds is 3. The zero-order chi connectivity index (χ0) is 10.5. The molecule has 0 amide bonds. The molecule has 0 N–H and O–H groups in total. The zero-order valence-corrected chi connectivity index (χ0v) is 8.26. The second-order valence-corrected chi connectivity index (χ2v) is 3.35. The molecule has 0 spiro atoms. The summed E-state index contributed by atoms with van der Waals surface area (Å²) in [4.78, 5) is 14.5. The van der Waals surface area contributed by atoms with Crippen molar-refractivity contribution >= 4 is 5.69 Å². The minimum Gasteiger partial charge on any atom is -0.473 e. The molecule has 0 aromatic carbocycles. The van der Waals surface area contributed by atoms with Crippen molar-refractivity contribution in [1.82, 2.24) is 4.98 Å². The van der Waals surface area contributed by atoms with Crippen molar-refractivity contribution in [2.45, 2.75) is 18.9 Å². The van der Waals surface area contributed by atoms with E-state index in [2.05, 4.69) is 10.2 Å². The average Bonchev–Trinajstić information content (AvgIpc) is 2.31. The maximum absolute atomic E-state index is 10.5. The smallest absolute Gasteiger partial charge is 0.243 e. The predicted octanol–water partition coefficient (Wildman–Crippen LogP) is 2.04. The summed E-state index contributed by atoms with van der Waals surface area (Å²) >= 11 is 0. The molecule has 1 aromatic rings. The van der Waals surface area contributed by atoms with Crippen LogP contribution in [0, 0.1) is 4.91 Å². The lowest BCUT2D eigenvalue weighted by Crippen LogP contribution is -2.26. The zero-order valence-electron chi connectivity index (χ0n) is 8.26. The van der Waals surface area contributed by atoms with E-state index in [0.717, 1.165) is 12.8 Å². The highest BCUT2D eigenvalue weighted by Crippen LogP contribution is 2.26. The SMILES string of the molecule is O=Nc1cccnc1OC1CCOCC1. The number of ether oxygens (including phenoxy) is 2. The van der Waals surface area contributed by atoms with E-state index >= 15 is 0 Å². The van der Waals surface area contributed by atoms with Crippen molar-refractivity contribution in [3.63, 3.8) is 0 Å². The van der Waals surface area contributed by atoms with E-state index in [1.165, 1.54) is 0 Å². The minimum atomic E-state index is 0.0779. The third-order valence-electron chi connectivity index (χ3n) is 2.30. The van der Waals surface area contributed by atoms with E-state index in [-0.39, 0.29) is 11.8 Å². The molecule has 5 heteroatoms. The number of nitroso groups, excluding NO2 is 1. The quantitative estimate of drug-likeness (QED) is 0.713. The Morgan fingerprint density at radius 3 is 3.00 bits per heavy atom. The molecule has 0 aliphatic carbocycles. The Morgan fingerprint density at radius 2 is 2.27 bits per heavy atom. The van der Waals surface area contributed by atoms with Crippen LogP contribution in [0.1, 0.15) is 12.8 Å². The van der Waals surface area contributed by atoms with Crippen molar-refractivity contribution in [3.05, 3.63) is 23.2 Å². The van der Waals surface area contributed by atoms with Crippen LogP contribution in [0.2, 0.25) is 0 Å². The van der Waals surface area contributed by atoms with Crippen molar-refractivity contribution in [3.8, 4) is 5.88 Å². The van der Waals surface area contributed by atoms with Gasteiger partial charge in [0.05, 0.1) is 13.2 Å². The average molecular weight is 208 g/mol. The van der Waals surface area contributed by atoms with Crippen LogP contribution >= 0.6 is 0 Å². The lowest BCUT2D eigenvalue weighted by molar-refractivity contribution is 0.0240. The summed E-state index contributed by atoms with van der Waals surface area (Å²) in [6.45, 7) is 1.39. The van der Waals surface area contributed by atoms with Crippen LogP contribution in [-0.4, -0.2) is 24.3 Å². The molecule has 2 heterocycles. The number of hydrogen-bond donors (Lipinski definition) is 0. The van der Waals surface area contributed by atoms with Crippen LogP contribution < -0.4 is 4.74 Å². The number of hydrogen-bond acceptors (Lipinski definition) is 5. The standard InChI is InChI=1S/C10H12N2O3/c13-12-9-2-1-5-11-10(9)15-8-3-6-14-7-4-8/h1-2,5,8H,3-4,6-7H2. The van der Waals surface area contributed by atoms with Gasteiger partial charge in [-0.1, -0.05) is 0 Å². The van der Waals surface area contributed by atoms with Gasteiger partial charge < -0.3 is 9.47 Å². The Hall–Kier alpha value is -1.49. The van der Waals surface area contributed by atoms with E-state index in [1.54, 1.807) is 18.3 Å². The third-order valence-corrected chi connectivity index (χ3v) is 2.30. The monoisotopic (exact) mass is 208 g/mol. The van der Waals surface area contributed by atoms with Gasteiger partial charge in [0.25, 0.3) is 0 Å². The van der Waals surface area contributed by atoms with E-state index in [0.29, 0.717) is 19.1 Å². The summed E-state index contributed by atoms with van der Waals surface area (Å²) in [5, 5.41) is 2.87. The van der Waals surface area contributed by atoms with Gasteiger partial charge >= 0.3 is 0 Å². The van der Waals surface area contributed by atoms with Gasteiger partial charge in [0.2, 0.25) is 5.88 Å². The first-order valence-corrected chi connectivity index (χ1v) is 4.93. The van der Waals surface area contributed by atoms with Gasteiger partial charge in [0.15, 0.2) is 5.69 Å².